The highest BCUT2D eigenvalue weighted by Crippen LogP contribution is 2.15. The summed E-state index contributed by atoms with van der Waals surface area (Å²) in [5.41, 5.74) is 1.11. The van der Waals surface area contributed by atoms with E-state index in [-0.39, 0.29) is 0 Å². The Morgan fingerprint density at radius 1 is 1.05 bits per heavy atom. The van der Waals surface area contributed by atoms with Crippen LogP contribution in [0.3, 0.4) is 0 Å². The third-order valence-corrected chi connectivity index (χ3v) is 4.04. The molecule has 0 radical (unpaired) electrons. The van der Waals surface area contributed by atoms with Gasteiger partial charge in [0.15, 0.2) is 0 Å². The predicted octanol–water partition coefficient (Wildman–Crippen LogP) is 0.186. The van der Waals surface area contributed by atoms with Gasteiger partial charge in [0.25, 0.3) is 5.82 Å². The minimum absolute atomic E-state index is 0.293. The van der Waals surface area contributed by atoms with Crippen LogP contribution in [0.1, 0.15) is 15.9 Å². The summed E-state index contributed by atoms with van der Waals surface area (Å²) in [6.07, 6.45) is 1.93. The zero-order valence-corrected chi connectivity index (χ0v) is 12.4. The maximum absolute atomic E-state index is 11.2. The standard InChI is InChI=1S/C17H19N3O2/c21-17(22)15-6-2-1-5-14(15)13-19-9-11-20(12-10-19)16-7-3-4-8-18-16/h1-8H,9-13H2,(H,21,22). The SMILES string of the molecule is O=C([O-])c1ccccc1CN1CCN(c2cccc[nH+]2)CC1. The highest BCUT2D eigenvalue weighted by atomic mass is 16.4. The normalized spacial score (nSPS) is 15.7. The number of carbonyl (C=O) groups is 1. The number of pyridine rings is 1. The summed E-state index contributed by atoms with van der Waals surface area (Å²) >= 11 is 0. The molecule has 3 rings (SSSR count). The van der Waals surface area contributed by atoms with Crippen molar-refractivity contribution in [2.24, 2.45) is 0 Å². The summed E-state index contributed by atoms with van der Waals surface area (Å²) in [4.78, 5) is 19.0. The van der Waals surface area contributed by atoms with Crippen LogP contribution in [0.15, 0.2) is 48.7 Å². The number of hydrogen-bond acceptors (Lipinski definition) is 4. The minimum Gasteiger partial charge on any atom is -0.545 e. The number of aromatic amines is 1. The van der Waals surface area contributed by atoms with Gasteiger partial charge in [0.2, 0.25) is 0 Å². The second-order valence-electron chi connectivity index (χ2n) is 5.46. The van der Waals surface area contributed by atoms with Crippen molar-refractivity contribution in [3.8, 4) is 0 Å². The van der Waals surface area contributed by atoms with Crippen LogP contribution in [0.5, 0.6) is 0 Å². The molecule has 0 unspecified atom stereocenters. The van der Waals surface area contributed by atoms with E-state index in [2.05, 4.69) is 20.9 Å². The number of H-pyrrole nitrogens is 1. The number of hydrogen-bond donors (Lipinski definition) is 0. The van der Waals surface area contributed by atoms with Crippen molar-refractivity contribution >= 4 is 11.8 Å². The number of aromatic carboxylic acids is 1. The average Bonchev–Trinajstić information content (AvgIpc) is 2.57. The minimum atomic E-state index is -1.10. The Hall–Kier alpha value is -2.40. The van der Waals surface area contributed by atoms with E-state index in [9.17, 15) is 9.90 Å². The number of rotatable bonds is 4. The number of piperazine rings is 1. The molecule has 1 aliphatic rings. The van der Waals surface area contributed by atoms with Crippen molar-refractivity contribution in [3.05, 3.63) is 59.8 Å². The zero-order chi connectivity index (χ0) is 15.4. The van der Waals surface area contributed by atoms with Crippen molar-refractivity contribution in [1.29, 1.82) is 0 Å². The van der Waals surface area contributed by atoms with Gasteiger partial charge in [-0.2, -0.15) is 0 Å². The molecule has 2 aromatic rings. The molecule has 0 atom stereocenters. The maximum Gasteiger partial charge on any atom is 0.274 e. The van der Waals surface area contributed by atoms with Crippen LogP contribution in [-0.2, 0) is 6.54 Å². The Morgan fingerprint density at radius 3 is 2.45 bits per heavy atom. The molecule has 0 amide bonds. The summed E-state index contributed by atoms with van der Waals surface area (Å²) in [7, 11) is 0. The maximum atomic E-state index is 11.2. The highest BCUT2D eigenvalue weighted by molar-refractivity contribution is 5.87. The fraction of sp³-hybridized carbons (Fsp3) is 0.294. The Morgan fingerprint density at radius 2 is 1.77 bits per heavy atom. The summed E-state index contributed by atoms with van der Waals surface area (Å²) in [5, 5.41) is 11.2. The molecule has 22 heavy (non-hydrogen) atoms. The van der Waals surface area contributed by atoms with Crippen LogP contribution < -0.4 is 15.0 Å². The number of aromatic nitrogens is 1. The molecule has 0 aliphatic carbocycles. The molecule has 2 heterocycles. The van der Waals surface area contributed by atoms with Crippen molar-refractivity contribution < 1.29 is 14.9 Å². The smallest absolute Gasteiger partial charge is 0.274 e. The molecular weight excluding hydrogens is 278 g/mol. The lowest BCUT2D eigenvalue weighted by Gasteiger charge is -2.31. The Bertz CT molecular complexity index is 637. The van der Waals surface area contributed by atoms with Crippen molar-refractivity contribution in [2.45, 2.75) is 6.54 Å². The molecular formula is C17H19N3O2. The van der Waals surface area contributed by atoms with E-state index in [0.29, 0.717) is 12.1 Å². The number of carbonyl (C=O) groups excluding carboxylic acids is 1. The van der Waals surface area contributed by atoms with Gasteiger partial charge in [0.05, 0.1) is 25.3 Å². The number of anilines is 1. The molecule has 1 aromatic carbocycles. The largest absolute Gasteiger partial charge is 0.545 e. The average molecular weight is 297 g/mol. The molecule has 0 bridgehead atoms. The van der Waals surface area contributed by atoms with E-state index in [1.54, 1.807) is 12.1 Å². The van der Waals surface area contributed by atoms with Gasteiger partial charge >= 0.3 is 0 Å². The third kappa shape index (κ3) is 3.26. The van der Waals surface area contributed by atoms with Gasteiger partial charge < -0.3 is 9.90 Å². The van der Waals surface area contributed by atoms with Gasteiger partial charge in [-0.05, 0) is 11.6 Å². The summed E-state index contributed by atoms with van der Waals surface area (Å²) < 4.78 is 0. The van der Waals surface area contributed by atoms with E-state index in [1.165, 1.54) is 0 Å². The van der Waals surface area contributed by atoms with Crippen LogP contribution in [-0.4, -0.2) is 37.0 Å². The van der Waals surface area contributed by atoms with Gasteiger partial charge in [-0.15, -0.1) is 0 Å². The fourth-order valence-corrected chi connectivity index (χ4v) is 2.83. The number of nitrogens with zero attached hydrogens (tertiary/aromatic N) is 2. The molecule has 1 aromatic heterocycles. The van der Waals surface area contributed by atoms with Crippen LogP contribution >= 0.6 is 0 Å². The van der Waals surface area contributed by atoms with E-state index >= 15 is 0 Å². The quantitative estimate of drug-likeness (QED) is 0.808. The lowest BCUT2D eigenvalue weighted by Crippen LogP contribution is -2.47. The van der Waals surface area contributed by atoms with Crippen molar-refractivity contribution in [3.63, 3.8) is 0 Å². The van der Waals surface area contributed by atoms with Crippen LogP contribution in [0.2, 0.25) is 0 Å². The molecule has 0 saturated carbocycles. The molecule has 5 heteroatoms. The summed E-state index contributed by atoms with van der Waals surface area (Å²) in [6.45, 7) is 4.31. The summed E-state index contributed by atoms with van der Waals surface area (Å²) in [5.74, 6) is 0.0189. The van der Waals surface area contributed by atoms with Gasteiger partial charge in [-0.1, -0.05) is 30.3 Å². The van der Waals surface area contributed by atoms with Crippen molar-refractivity contribution in [1.82, 2.24) is 4.90 Å². The molecule has 114 valence electrons. The first kappa shape index (κ1) is 14.5. The highest BCUT2D eigenvalue weighted by Gasteiger charge is 2.23. The predicted molar refractivity (Wildman–Crippen MR) is 81.3 cm³/mol. The van der Waals surface area contributed by atoms with Gasteiger partial charge in [0.1, 0.15) is 0 Å². The number of carboxylic acids is 1. The second kappa shape index (κ2) is 6.58. The van der Waals surface area contributed by atoms with E-state index in [0.717, 1.165) is 37.6 Å². The fourth-order valence-electron chi connectivity index (χ4n) is 2.83. The molecule has 5 nitrogen and oxygen atoms in total. The zero-order valence-electron chi connectivity index (χ0n) is 12.4. The number of nitrogens with one attached hydrogen (secondary N) is 1. The first-order valence-electron chi connectivity index (χ1n) is 7.47. The van der Waals surface area contributed by atoms with E-state index in [4.69, 9.17) is 0 Å². The Labute approximate surface area is 129 Å². The molecule has 1 fully saturated rings. The lowest BCUT2D eigenvalue weighted by atomic mass is 10.1. The van der Waals surface area contributed by atoms with Crippen LogP contribution in [0.25, 0.3) is 0 Å². The van der Waals surface area contributed by atoms with Crippen LogP contribution in [0.4, 0.5) is 5.82 Å². The third-order valence-electron chi connectivity index (χ3n) is 4.04. The number of benzene rings is 1. The van der Waals surface area contributed by atoms with Gasteiger partial charge in [0, 0.05) is 31.3 Å². The van der Waals surface area contributed by atoms with Crippen molar-refractivity contribution in [2.75, 3.05) is 31.1 Å². The van der Waals surface area contributed by atoms with E-state index < -0.39 is 5.97 Å². The first-order valence-corrected chi connectivity index (χ1v) is 7.47. The molecule has 1 saturated heterocycles. The molecule has 1 N–H and O–H groups in total. The number of carboxylic acid groups (broad SMARTS) is 1. The Balaban J connectivity index is 1.62. The topological polar surface area (TPSA) is 60.8 Å². The van der Waals surface area contributed by atoms with E-state index in [1.807, 2.05) is 30.5 Å². The molecule has 1 aliphatic heterocycles. The summed E-state index contributed by atoms with van der Waals surface area (Å²) in [6, 6.07) is 13.1. The van der Waals surface area contributed by atoms with Crippen LogP contribution in [0, 0.1) is 0 Å². The Kier molecular flexibility index (Phi) is 4.34. The monoisotopic (exact) mass is 297 g/mol. The lowest BCUT2D eigenvalue weighted by molar-refractivity contribution is -0.364. The first-order chi connectivity index (χ1) is 10.7. The second-order valence-corrected chi connectivity index (χ2v) is 5.46. The van der Waals surface area contributed by atoms with Gasteiger partial charge in [-0.25, -0.2) is 4.98 Å². The molecule has 0 spiro atoms. The van der Waals surface area contributed by atoms with Gasteiger partial charge in [-0.3, -0.25) is 9.80 Å².